The van der Waals surface area contributed by atoms with Crippen LogP contribution in [0.4, 0.5) is 10.1 Å². The van der Waals surface area contributed by atoms with E-state index in [-0.39, 0.29) is 11.6 Å². The van der Waals surface area contributed by atoms with Crippen LogP contribution in [0.3, 0.4) is 0 Å². The molecule has 0 radical (unpaired) electrons. The number of rotatable bonds is 5. The number of hydrogen-bond acceptors (Lipinski definition) is 4. The molecule has 0 spiro atoms. The number of nitrogens with two attached hydrogens (primary N) is 1. The first kappa shape index (κ1) is 14.6. The molecule has 2 aromatic rings. The summed E-state index contributed by atoms with van der Waals surface area (Å²) in [6.45, 7) is 0.446. The number of nitrogens with one attached hydrogen (secondary N) is 1. The van der Waals surface area contributed by atoms with E-state index in [4.69, 9.17) is 15.7 Å². The molecule has 4 N–H and O–H groups in total. The molecule has 0 bridgehead atoms. The number of benzene rings is 2. The standard InChI is InChI=1S/C15H16FN3O2/c1-21-14-8-11(6-7-13(14)16)18-9-10-4-2-3-5-12(10)15(17)19-20/h2-8,18,20H,9H2,1H3,(H2,17,19). The van der Waals surface area contributed by atoms with Gasteiger partial charge in [0.1, 0.15) is 0 Å². The minimum absolute atomic E-state index is 0.0455. The minimum Gasteiger partial charge on any atom is -0.494 e. The zero-order chi connectivity index (χ0) is 15.2. The Balaban J connectivity index is 2.17. The molecule has 6 heteroatoms. The Labute approximate surface area is 121 Å². The molecular weight excluding hydrogens is 273 g/mol. The molecule has 110 valence electrons. The molecule has 21 heavy (non-hydrogen) atoms. The lowest BCUT2D eigenvalue weighted by molar-refractivity contribution is 0.318. The third-order valence-electron chi connectivity index (χ3n) is 3.04. The van der Waals surface area contributed by atoms with Crippen LogP contribution in [0.2, 0.25) is 0 Å². The van der Waals surface area contributed by atoms with E-state index in [9.17, 15) is 4.39 Å². The Morgan fingerprint density at radius 3 is 2.81 bits per heavy atom. The molecule has 0 aliphatic heterocycles. The highest BCUT2D eigenvalue weighted by molar-refractivity contribution is 5.98. The van der Waals surface area contributed by atoms with Gasteiger partial charge in [-0.2, -0.15) is 0 Å². The predicted octanol–water partition coefficient (Wildman–Crippen LogP) is 2.54. The average molecular weight is 289 g/mol. The maximum atomic E-state index is 13.3. The Bertz CT molecular complexity index is 659. The Morgan fingerprint density at radius 2 is 2.10 bits per heavy atom. The first-order valence-corrected chi connectivity index (χ1v) is 6.29. The summed E-state index contributed by atoms with van der Waals surface area (Å²) in [6, 6.07) is 11.8. The highest BCUT2D eigenvalue weighted by atomic mass is 19.1. The topological polar surface area (TPSA) is 79.9 Å². The van der Waals surface area contributed by atoms with Gasteiger partial charge in [0.2, 0.25) is 0 Å². The smallest absolute Gasteiger partial charge is 0.170 e. The SMILES string of the molecule is COc1cc(NCc2ccccc2/C(N)=N/O)ccc1F. The van der Waals surface area contributed by atoms with Crippen molar-refractivity contribution in [1.29, 1.82) is 0 Å². The molecule has 0 heterocycles. The van der Waals surface area contributed by atoms with Crippen molar-refractivity contribution in [2.75, 3.05) is 12.4 Å². The van der Waals surface area contributed by atoms with Crippen LogP contribution >= 0.6 is 0 Å². The average Bonchev–Trinajstić information content (AvgIpc) is 2.53. The second-order valence-corrected chi connectivity index (χ2v) is 4.35. The van der Waals surface area contributed by atoms with Crippen LogP contribution in [0.1, 0.15) is 11.1 Å². The van der Waals surface area contributed by atoms with Crippen LogP contribution < -0.4 is 15.8 Å². The highest BCUT2D eigenvalue weighted by Gasteiger charge is 2.07. The number of nitrogens with zero attached hydrogens (tertiary/aromatic N) is 1. The molecular formula is C15H16FN3O2. The second kappa shape index (κ2) is 6.60. The molecule has 0 aliphatic rings. The fourth-order valence-corrected chi connectivity index (χ4v) is 1.95. The van der Waals surface area contributed by atoms with E-state index in [0.29, 0.717) is 17.8 Å². The molecule has 0 saturated heterocycles. The van der Waals surface area contributed by atoms with Gasteiger partial charge < -0.3 is 21.0 Å². The van der Waals surface area contributed by atoms with Gasteiger partial charge in [-0.25, -0.2) is 4.39 Å². The summed E-state index contributed by atoms with van der Waals surface area (Å²) in [5.74, 6) is -0.200. The second-order valence-electron chi connectivity index (χ2n) is 4.35. The van der Waals surface area contributed by atoms with Gasteiger partial charge in [-0.1, -0.05) is 29.4 Å². The van der Waals surface area contributed by atoms with E-state index in [1.165, 1.54) is 13.2 Å². The zero-order valence-electron chi connectivity index (χ0n) is 11.5. The molecule has 2 rings (SSSR count). The first-order chi connectivity index (χ1) is 10.2. The van der Waals surface area contributed by atoms with Crippen LogP contribution in [-0.4, -0.2) is 18.2 Å². The Hall–Kier alpha value is -2.76. The van der Waals surface area contributed by atoms with E-state index in [1.54, 1.807) is 24.3 Å². The molecule has 0 unspecified atom stereocenters. The van der Waals surface area contributed by atoms with Gasteiger partial charge in [0, 0.05) is 23.9 Å². The Morgan fingerprint density at radius 1 is 1.33 bits per heavy atom. The number of methoxy groups -OCH3 is 1. The summed E-state index contributed by atoms with van der Waals surface area (Å²) in [6.07, 6.45) is 0. The normalized spacial score (nSPS) is 11.2. The van der Waals surface area contributed by atoms with Crippen LogP contribution in [0, 0.1) is 5.82 Å². The summed E-state index contributed by atoms with van der Waals surface area (Å²) >= 11 is 0. The number of ether oxygens (including phenoxy) is 1. The quantitative estimate of drug-likeness (QED) is 0.342. The molecule has 0 fully saturated rings. The molecule has 0 atom stereocenters. The predicted molar refractivity (Wildman–Crippen MR) is 79.2 cm³/mol. The third kappa shape index (κ3) is 3.42. The number of hydrogen-bond donors (Lipinski definition) is 3. The zero-order valence-corrected chi connectivity index (χ0v) is 11.5. The molecule has 0 saturated carbocycles. The summed E-state index contributed by atoms with van der Waals surface area (Å²) in [5.41, 5.74) is 7.84. The fourth-order valence-electron chi connectivity index (χ4n) is 1.95. The first-order valence-electron chi connectivity index (χ1n) is 6.29. The van der Waals surface area contributed by atoms with Crippen molar-refractivity contribution in [3.05, 3.63) is 59.4 Å². The van der Waals surface area contributed by atoms with E-state index >= 15 is 0 Å². The molecule has 5 nitrogen and oxygen atoms in total. The minimum atomic E-state index is -0.417. The lowest BCUT2D eigenvalue weighted by atomic mass is 10.1. The maximum absolute atomic E-state index is 13.3. The molecule has 0 aromatic heterocycles. The number of anilines is 1. The van der Waals surface area contributed by atoms with Gasteiger partial charge in [0.25, 0.3) is 0 Å². The highest BCUT2D eigenvalue weighted by Crippen LogP contribution is 2.22. The van der Waals surface area contributed by atoms with Gasteiger partial charge >= 0.3 is 0 Å². The summed E-state index contributed by atoms with van der Waals surface area (Å²) in [4.78, 5) is 0. The largest absolute Gasteiger partial charge is 0.494 e. The third-order valence-corrected chi connectivity index (χ3v) is 3.04. The van der Waals surface area contributed by atoms with Crippen LogP contribution in [0.15, 0.2) is 47.6 Å². The number of amidine groups is 1. The molecule has 0 aliphatic carbocycles. The van der Waals surface area contributed by atoms with E-state index in [1.807, 2.05) is 12.1 Å². The van der Waals surface area contributed by atoms with Gasteiger partial charge in [0.15, 0.2) is 17.4 Å². The van der Waals surface area contributed by atoms with E-state index in [2.05, 4.69) is 10.5 Å². The van der Waals surface area contributed by atoms with Crippen molar-refractivity contribution in [2.45, 2.75) is 6.54 Å². The monoisotopic (exact) mass is 289 g/mol. The van der Waals surface area contributed by atoms with Crippen molar-refractivity contribution in [3.63, 3.8) is 0 Å². The van der Waals surface area contributed by atoms with Crippen molar-refractivity contribution >= 4 is 11.5 Å². The number of halogens is 1. The Kier molecular flexibility index (Phi) is 4.61. The van der Waals surface area contributed by atoms with Crippen LogP contribution in [0.5, 0.6) is 5.75 Å². The fraction of sp³-hybridized carbons (Fsp3) is 0.133. The van der Waals surface area contributed by atoms with E-state index < -0.39 is 5.82 Å². The van der Waals surface area contributed by atoms with Crippen molar-refractivity contribution in [3.8, 4) is 5.75 Å². The summed E-state index contributed by atoms with van der Waals surface area (Å²) < 4.78 is 18.3. The molecule has 2 aromatic carbocycles. The number of oxime groups is 1. The van der Waals surface area contributed by atoms with Crippen LogP contribution in [0.25, 0.3) is 0 Å². The van der Waals surface area contributed by atoms with Crippen molar-refractivity contribution in [2.24, 2.45) is 10.9 Å². The van der Waals surface area contributed by atoms with Crippen molar-refractivity contribution < 1.29 is 14.3 Å². The summed E-state index contributed by atoms with van der Waals surface area (Å²) in [7, 11) is 1.41. The lowest BCUT2D eigenvalue weighted by Crippen LogP contribution is -2.16. The van der Waals surface area contributed by atoms with Gasteiger partial charge in [-0.3, -0.25) is 0 Å². The summed E-state index contributed by atoms with van der Waals surface area (Å²) in [5, 5.41) is 14.9. The van der Waals surface area contributed by atoms with Crippen molar-refractivity contribution in [1.82, 2.24) is 0 Å². The lowest BCUT2D eigenvalue weighted by Gasteiger charge is -2.11. The van der Waals surface area contributed by atoms with Gasteiger partial charge in [-0.05, 0) is 17.7 Å². The van der Waals surface area contributed by atoms with Gasteiger partial charge in [-0.15, -0.1) is 0 Å². The van der Waals surface area contributed by atoms with Crippen LogP contribution in [-0.2, 0) is 6.54 Å². The molecule has 0 amide bonds. The maximum Gasteiger partial charge on any atom is 0.170 e. The van der Waals surface area contributed by atoms with Gasteiger partial charge in [0.05, 0.1) is 7.11 Å². The van der Waals surface area contributed by atoms with E-state index in [0.717, 1.165) is 5.56 Å².